The van der Waals surface area contributed by atoms with Crippen LogP contribution in [0.4, 0.5) is 0 Å². The summed E-state index contributed by atoms with van der Waals surface area (Å²) in [7, 11) is 0. The minimum absolute atomic E-state index is 0.0936. The van der Waals surface area contributed by atoms with Gasteiger partial charge in [-0.2, -0.15) is 0 Å². The number of ether oxygens (including phenoxy) is 1. The smallest absolute Gasteiger partial charge is 0.303 e. The number of rotatable bonds is 1. The topological polar surface area (TPSA) is 55.6 Å². The first-order valence-corrected chi connectivity index (χ1v) is 4.58. The van der Waals surface area contributed by atoms with Crippen LogP contribution in [0.25, 0.3) is 0 Å². The summed E-state index contributed by atoms with van der Waals surface area (Å²) in [5.41, 5.74) is -0.533. The van der Waals surface area contributed by atoms with Gasteiger partial charge in [0.1, 0.15) is 5.54 Å². The predicted molar refractivity (Wildman–Crippen MR) is 57.1 cm³/mol. The molecule has 1 rings (SSSR count). The number of hydrazine groups is 1. The Morgan fingerprint density at radius 3 is 2.93 bits per heavy atom. The fourth-order valence-corrected chi connectivity index (χ4v) is 1.09. The Hall–Kier alpha value is -1.73. The first-order valence-electron chi connectivity index (χ1n) is 4.58. The monoisotopic (exact) mass is 206 g/mol. The van der Waals surface area contributed by atoms with Crippen LogP contribution in [0.1, 0.15) is 13.8 Å². The number of carbonyl (C=O) groups excluding carboxylic acids is 1. The van der Waals surface area contributed by atoms with E-state index in [1.165, 1.54) is 11.9 Å². The number of allylic oxidation sites excluding steroid dienone is 2. The van der Waals surface area contributed by atoms with Crippen molar-refractivity contribution in [3.8, 4) is 11.8 Å². The maximum atomic E-state index is 10.5. The summed E-state index contributed by atoms with van der Waals surface area (Å²) in [6.45, 7) is 3.33. The van der Waals surface area contributed by atoms with Crippen molar-refractivity contribution in [2.45, 2.75) is 19.4 Å². The molecule has 1 heterocycles. The molecule has 0 spiro atoms. The van der Waals surface area contributed by atoms with Crippen molar-refractivity contribution in [3.05, 3.63) is 24.4 Å². The predicted octanol–water partition coefficient (Wildman–Crippen LogP) is 0.571. The van der Waals surface area contributed by atoms with Gasteiger partial charge in [0.15, 0.2) is 6.61 Å². The molecule has 0 amide bonds. The highest BCUT2D eigenvalue weighted by atomic mass is 16.5. The van der Waals surface area contributed by atoms with E-state index < -0.39 is 5.54 Å². The van der Waals surface area contributed by atoms with Crippen molar-refractivity contribution in [1.29, 1.82) is 0 Å². The normalized spacial score (nSPS) is 23.3. The summed E-state index contributed by atoms with van der Waals surface area (Å²) in [4.78, 5) is 10.5. The van der Waals surface area contributed by atoms with E-state index in [4.69, 9.17) is 10.6 Å². The molecular weight excluding hydrogens is 192 g/mol. The van der Waals surface area contributed by atoms with Crippen molar-refractivity contribution in [1.82, 2.24) is 5.01 Å². The van der Waals surface area contributed by atoms with E-state index in [1.807, 2.05) is 25.2 Å². The van der Waals surface area contributed by atoms with E-state index in [2.05, 4.69) is 11.8 Å². The van der Waals surface area contributed by atoms with Crippen LogP contribution >= 0.6 is 0 Å². The zero-order valence-electron chi connectivity index (χ0n) is 8.86. The molecular formula is C11H14N2O2. The molecule has 1 unspecified atom stereocenters. The van der Waals surface area contributed by atoms with Crippen LogP contribution in [0.15, 0.2) is 24.4 Å². The summed E-state index contributed by atoms with van der Waals surface area (Å²) >= 11 is 0. The van der Waals surface area contributed by atoms with Gasteiger partial charge in [-0.25, -0.2) is 5.84 Å². The van der Waals surface area contributed by atoms with E-state index in [1.54, 1.807) is 6.20 Å². The number of nitrogens with zero attached hydrogens (tertiary/aromatic N) is 1. The first-order chi connectivity index (χ1) is 7.04. The van der Waals surface area contributed by atoms with Gasteiger partial charge in [-0.3, -0.25) is 9.80 Å². The van der Waals surface area contributed by atoms with Gasteiger partial charge < -0.3 is 4.74 Å². The standard InChI is InChI=1S/C11H14N2O2/c1-10(14)15-9-5-7-11(2)6-3-4-8-13(11)12/h3-4,6,8H,9,12H2,1-2H3. The van der Waals surface area contributed by atoms with Gasteiger partial charge >= 0.3 is 5.97 Å². The van der Waals surface area contributed by atoms with Crippen molar-refractivity contribution in [3.63, 3.8) is 0 Å². The number of hydrogen-bond acceptors (Lipinski definition) is 4. The summed E-state index contributed by atoms with van der Waals surface area (Å²) in [5.74, 6) is 11.1. The maximum absolute atomic E-state index is 10.5. The van der Waals surface area contributed by atoms with Crippen LogP contribution in [0, 0.1) is 11.8 Å². The molecule has 0 radical (unpaired) electrons. The Morgan fingerprint density at radius 2 is 2.33 bits per heavy atom. The summed E-state index contributed by atoms with van der Waals surface area (Å²) in [6, 6.07) is 0. The van der Waals surface area contributed by atoms with Crippen molar-refractivity contribution in [2.75, 3.05) is 6.61 Å². The van der Waals surface area contributed by atoms with Crippen molar-refractivity contribution >= 4 is 5.97 Å². The lowest BCUT2D eigenvalue weighted by Crippen LogP contribution is -2.45. The molecule has 2 N–H and O–H groups in total. The third-order valence-corrected chi connectivity index (χ3v) is 2.00. The Bertz CT molecular complexity index is 363. The second-order valence-electron chi connectivity index (χ2n) is 3.34. The van der Waals surface area contributed by atoms with Gasteiger partial charge in [0.2, 0.25) is 0 Å². The van der Waals surface area contributed by atoms with Crippen LogP contribution in [-0.4, -0.2) is 23.1 Å². The van der Waals surface area contributed by atoms with Crippen LogP contribution in [0.2, 0.25) is 0 Å². The highest BCUT2D eigenvalue weighted by Gasteiger charge is 2.23. The molecule has 0 bridgehead atoms. The molecule has 1 aliphatic rings. The summed E-state index contributed by atoms with van der Waals surface area (Å²) in [6.07, 6.45) is 7.33. The molecule has 0 aromatic carbocycles. The third kappa shape index (κ3) is 3.15. The fourth-order valence-electron chi connectivity index (χ4n) is 1.09. The largest absolute Gasteiger partial charge is 0.453 e. The molecule has 1 atom stereocenters. The Balaban J connectivity index is 2.59. The SMILES string of the molecule is CC(=O)OCC#CC1(C)C=CC=CN1N. The van der Waals surface area contributed by atoms with Crippen LogP contribution < -0.4 is 5.84 Å². The lowest BCUT2D eigenvalue weighted by Gasteiger charge is -2.31. The molecule has 4 nitrogen and oxygen atoms in total. The van der Waals surface area contributed by atoms with E-state index >= 15 is 0 Å². The lowest BCUT2D eigenvalue weighted by molar-refractivity contribution is -0.139. The second-order valence-corrected chi connectivity index (χ2v) is 3.34. The number of hydrogen-bond donors (Lipinski definition) is 1. The van der Waals surface area contributed by atoms with Crippen molar-refractivity contribution in [2.24, 2.45) is 5.84 Å². The van der Waals surface area contributed by atoms with Crippen molar-refractivity contribution < 1.29 is 9.53 Å². The van der Waals surface area contributed by atoms with Gasteiger partial charge in [0.25, 0.3) is 0 Å². The van der Waals surface area contributed by atoms with Gasteiger partial charge in [0.05, 0.1) is 0 Å². The highest BCUT2D eigenvalue weighted by molar-refractivity contribution is 5.66. The lowest BCUT2D eigenvalue weighted by atomic mass is 10.0. The fraction of sp³-hybridized carbons (Fsp3) is 0.364. The second kappa shape index (κ2) is 4.67. The van der Waals surface area contributed by atoms with Gasteiger partial charge in [0, 0.05) is 13.1 Å². The molecule has 0 aliphatic carbocycles. The highest BCUT2D eigenvalue weighted by Crippen LogP contribution is 2.16. The van der Waals surface area contributed by atoms with Crippen LogP contribution in [0.3, 0.4) is 0 Å². The first kappa shape index (κ1) is 11.3. The third-order valence-electron chi connectivity index (χ3n) is 2.00. The molecule has 0 saturated heterocycles. The zero-order chi connectivity index (χ0) is 11.3. The summed E-state index contributed by atoms with van der Waals surface area (Å²) < 4.78 is 4.70. The molecule has 4 heteroatoms. The van der Waals surface area contributed by atoms with E-state index in [9.17, 15) is 4.79 Å². The minimum atomic E-state index is -0.533. The average Bonchev–Trinajstić information content (AvgIpc) is 2.18. The molecule has 0 aromatic heterocycles. The van der Waals surface area contributed by atoms with E-state index in [0.717, 1.165) is 0 Å². The molecule has 0 saturated carbocycles. The average molecular weight is 206 g/mol. The van der Waals surface area contributed by atoms with Gasteiger partial charge in [-0.05, 0) is 19.1 Å². The van der Waals surface area contributed by atoms with E-state index in [0.29, 0.717) is 0 Å². The maximum Gasteiger partial charge on any atom is 0.303 e. The Morgan fingerprint density at radius 1 is 1.60 bits per heavy atom. The molecule has 0 aromatic rings. The Kier molecular flexibility index (Phi) is 3.53. The van der Waals surface area contributed by atoms with Gasteiger partial charge in [-0.1, -0.05) is 17.9 Å². The zero-order valence-corrected chi connectivity index (χ0v) is 8.86. The van der Waals surface area contributed by atoms with Gasteiger partial charge in [-0.15, -0.1) is 0 Å². The van der Waals surface area contributed by atoms with Crippen LogP contribution in [0.5, 0.6) is 0 Å². The summed E-state index contributed by atoms with van der Waals surface area (Å²) in [5, 5.41) is 1.51. The number of nitrogens with two attached hydrogens (primary N) is 1. The molecule has 0 fully saturated rings. The molecule has 1 aliphatic heterocycles. The van der Waals surface area contributed by atoms with E-state index in [-0.39, 0.29) is 12.6 Å². The van der Waals surface area contributed by atoms with Crippen LogP contribution in [-0.2, 0) is 9.53 Å². The molecule has 80 valence electrons. The number of carbonyl (C=O) groups is 1. The minimum Gasteiger partial charge on any atom is -0.453 e. The number of esters is 1. The Labute approximate surface area is 89.3 Å². The molecule has 15 heavy (non-hydrogen) atoms. The quantitative estimate of drug-likeness (QED) is 0.387.